The van der Waals surface area contributed by atoms with Gasteiger partial charge in [-0.15, -0.1) is 0 Å². The molecular formula is C26H32N4O2. The highest BCUT2D eigenvalue weighted by Gasteiger charge is 2.26. The van der Waals surface area contributed by atoms with Crippen molar-refractivity contribution in [1.82, 2.24) is 14.8 Å². The summed E-state index contributed by atoms with van der Waals surface area (Å²) in [5.41, 5.74) is 2.31. The zero-order valence-corrected chi connectivity index (χ0v) is 18.7. The topological polar surface area (TPSA) is 48.9 Å². The Morgan fingerprint density at radius 1 is 1.12 bits per heavy atom. The van der Waals surface area contributed by atoms with E-state index in [1.807, 2.05) is 35.4 Å². The van der Waals surface area contributed by atoms with E-state index in [9.17, 15) is 4.79 Å². The summed E-state index contributed by atoms with van der Waals surface area (Å²) in [4.78, 5) is 24.3. The second-order valence-corrected chi connectivity index (χ2v) is 9.07. The van der Waals surface area contributed by atoms with Crippen molar-refractivity contribution >= 4 is 17.8 Å². The number of piperazine rings is 1. The van der Waals surface area contributed by atoms with E-state index in [1.54, 1.807) is 6.08 Å². The van der Waals surface area contributed by atoms with Gasteiger partial charge in [0.2, 0.25) is 5.91 Å². The zero-order valence-electron chi connectivity index (χ0n) is 18.7. The van der Waals surface area contributed by atoms with Crippen LogP contribution in [0.2, 0.25) is 0 Å². The van der Waals surface area contributed by atoms with Crippen LogP contribution in [0.15, 0.2) is 48.7 Å². The predicted octanol–water partition coefficient (Wildman–Crippen LogP) is 3.09. The molecule has 0 aliphatic carbocycles. The summed E-state index contributed by atoms with van der Waals surface area (Å²) in [6, 6.07) is 12.3. The quantitative estimate of drug-likeness (QED) is 0.680. The highest BCUT2D eigenvalue weighted by Crippen LogP contribution is 2.26. The largest absolute Gasteiger partial charge is 0.493 e. The number of rotatable bonds is 5. The molecule has 2 fully saturated rings. The summed E-state index contributed by atoms with van der Waals surface area (Å²) in [5, 5.41) is 0. The molecule has 5 rings (SSSR count). The van der Waals surface area contributed by atoms with Gasteiger partial charge >= 0.3 is 0 Å². The fourth-order valence-electron chi connectivity index (χ4n) is 5.06. The standard InChI is InChI=1S/C26H32N4O2/c31-26(9-7-21-6-8-24-23(18-21)10-17-32-24)30-12-3-4-22(20-30)19-28-13-15-29(16-14-28)25-5-1-2-11-27-25/h1-2,5-9,11,18,22H,3-4,10,12-17,19-20H2/b9-7+. The number of likely N-dealkylation sites (tertiary alicyclic amines) is 1. The SMILES string of the molecule is O=C(/C=C/c1ccc2c(c1)CCO2)N1CCCC(CN2CCN(c3ccccn3)CC2)C1. The van der Waals surface area contributed by atoms with Crippen molar-refractivity contribution in [2.45, 2.75) is 19.3 Å². The number of piperidine rings is 1. The maximum atomic E-state index is 12.8. The van der Waals surface area contributed by atoms with E-state index in [-0.39, 0.29) is 5.91 Å². The third-order valence-corrected chi connectivity index (χ3v) is 6.82. The lowest BCUT2D eigenvalue weighted by Gasteiger charge is -2.39. The lowest BCUT2D eigenvalue weighted by molar-refractivity contribution is -0.127. The van der Waals surface area contributed by atoms with Crippen LogP contribution in [0.5, 0.6) is 5.75 Å². The van der Waals surface area contributed by atoms with E-state index in [2.05, 4.69) is 33.0 Å². The van der Waals surface area contributed by atoms with Crippen LogP contribution >= 0.6 is 0 Å². The van der Waals surface area contributed by atoms with Crippen molar-refractivity contribution in [3.05, 3.63) is 59.8 Å². The Bertz CT molecular complexity index is 954. The summed E-state index contributed by atoms with van der Waals surface area (Å²) in [6.07, 6.45) is 8.80. The number of anilines is 1. The molecule has 1 amide bonds. The molecule has 1 unspecified atom stereocenters. The second-order valence-electron chi connectivity index (χ2n) is 9.07. The highest BCUT2D eigenvalue weighted by molar-refractivity contribution is 5.91. The molecule has 2 aromatic rings. The summed E-state index contributed by atoms with van der Waals surface area (Å²) >= 11 is 0. The second kappa shape index (κ2) is 9.74. The van der Waals surface area contributed by atoms with Gasteiger partial charge in [0.1, 0.15) is 11.6 Å². The van der Waals surface area contributed by atoms with E-state index in [4.69, 9.17) is 4.74 Å². The molecule has 2 saturated heterocycles. The molecule has 3 aliphatic heterocycles. The first kappa shape index (κ1) is 21.0. The monoisotopic (exact) mass is 432 g/mol. The summed E-state index contributed by atoms with van der Waals surface area (Å²) in [6.45, 7) is 7.71. The molecule has 3 aliphatic rings. The molecule has 4 heterocycles. The Morgan fingerprint density at radius 3 is 2.88 bits per heavy atom. The molecule has 0 saturated carbocycles. The van der Waals surface area contributed by atoms with Crippen molar-refractivity contribution in [3.63, 3.8) is 0 Å². The number of carbonyl (C=O) groups excluding carboxylic acids is 1. The molecule has 0 radical (unpaired) electrons. The Kier molecular flexibility index (Phi) is 6.39. The average molecular weight is 433 g/mol. The van der Waals surface area contributed by atoms with Gasteiger partial charge in [0.15, 0.2) is 0 Å². The Balaban J connectivity index is 1.11. The van der Waals surface area contributed by atoms with Crippen LogP contribution in [0.4, 0.5) is 5.82 Å². The van der Waals surface area contributed by atoms with Gasteiger partial charge in [0.25, 0.3) is 0 Å². The van der Waals surface area contributed by atoms with Gasteiger partial charge in [0.05, 0.1) is 6.61 Å². The summed E-state index contributed by atoms with van der Waals surface area (Å²) in [7, 11) is 0. The third-order valence-electron chi connectivity index (χ3n) is 6.82. The van der Waals surface area contributed by atoms with Gasteiger partial charge in [-0.05, 0) is 60.2 Å². The van der Waals surface area contributed by atoms with E-state index in [1.165, 1.54) is 12.0 Å². The molecule has 1 atom stereocenters. The fourth-order valence-corrected chi connectivity index (χ4v) is 5.06. The van der Waals surface area contributed by atoms with Crippen molar-refractivity contribution in [3.8, 4) is 5.75 Å². The first-order chi connectivity index (χ1) is 15.7. The van der Waals surface area contributed by atoms with Crippen LogP contribution in [0, 0.1) is 5.92 Å². The smallest absolute Gasteiger partial charge is 0.246 e. The number of carbonyl (C=O) groups is 1. The molecule has 32 heavy (non-hydrogen) atoms. The van der Waals surface area contributed by atoms with Crippen molar-refractivity contribution in [1.29, 1.82) is 0 Å². The molecule has 6 heteroatoms. The molecule has 168 valence electrons. The van der Waals surface area contributed by atoms with Gasteiger partial charge in [0, 0.05) is 64.5 Å². The van der Waals surface area contributed by atoms with Gasteiger partial charge in [-0.25, -0.2) is 4.98 Å². The maximum absolute atomic E-state index is 12.8. The third kappa shape index (κ3) is 4.96. The minimum atomic E-state index is 0.131. The normalized spacial score (nSPS) is 21.6. The average Bonchev–Trinajstić information content (AvgIpc) is 3.32. The molecule has 0 N–H and O–H groups in total. The maximum Gasteiger partial charge on any atom is 0.246 e. The number of aromatic nitrogens is 1. The molecule has 1 aromatic heterocycles. The van der Waals surface area contributed by atoms with E-state index < -0.39 is 0 Å². The molecule has 0 spiro atoms. The minimum absolute atomic E-state index is 0.131. The number of pyridine rings is 1. The first-order valence-corrected chi connectivity index (χ1v) is 11.9. The van der Waals surface area contributed by atoms with Crippen LogP contribution in [0.3, 0.4) is 0 Å². The van der Waals surface area contributed by atoms with Crippen LogP contribution in [-0.2, 0) is 11.2 Å². The summed E-state index contributed by atoms with van der Waals surface area (Å²) < 4.78 is 5.57. The van der Waals surface area contributed by atoms with Crippen LogP contribution in [0.25, 0.3) is 6.08 Å². The van der Waals surface area contributed by atoms with Crippen molar-refractivity contribution in [2.24, 2.45) is 5.92 Å². The number of benzene rings is 1. The Morgan fingerprint density at radius 2 is 2.03 bits per heavy atom. The van der Waals surface area contributed by atoms with Gasteiger partial charge < -0.3 is 14.5 Å². The van der Waals surface area contributed by atoms with Crippen LogP contribution < -0.4 is 9.64 Å². The van der Waals surface area contributed by atoms with Crippen LogP contribution in [-0.4, -0.2) is 73.1 Å². The van der Waals surface area contributed by atoms with E-state index in [0.29, 0.717) is 5.92 Å². The molecule has 6 nitrogen and oxygen atoms in total. The minimum Gasteiger partial charge on any atom is -0.493 e. The lowest BCUT2D eigenvalue weighted by Crippen LogP contribution is -2.50. The number of nitrogens with zero attached hydrogens (tertiary/aromatic N) is 4. The summed E-state index contributed by atoms with van der Waals surface area (Å²) in [5.74, 6) is 2.74. The zero-order chi connectivity index (χ0) is 21.8. The van der Waals surface area contributed by atoms with E-state index >= 15 is 0 Å². The molecular weight excluding hydrogens is 400 g/mol. The van der Waals surface area contributed by atoms with Gasteiger partial charge in [-0.2, -0.15) is 0 Å². The number of fused-ring (bicyclic) bond motifs is 1. The predicted molar refractivity (Wildman–Crippen MR) is 127 cm³/mol. The Hall–Kier alpha value is -2.86. The fraction of sp³-hybridized carbons (Fsp3) is 0.462. The first-order valence-electron chi connectivity index (χ1n) is 11.9. The number of hydrogen-bond donors (Lipinski definition) is 0. The van der Waals surface area contributed by atoms with Gasteiger partial charge in [-0.1, -0.05) is 12.1 Å². The number of ether oxygens (including phenoxy) is 1. The van der Waals surface area contributed by atoms with Crippen molar-refractivity contribution < 1.29 is 9.53 Å². The highest BCUT2D eigenvalue weighted by atomic mass is 16.5. The number of amides is 1. The van der Waals surface area contributed by atoms with E-state index in [0.717, 1.165) is 82.4 Å². The Labute approximate surface area is 190 Å². The lowest BCUT2D eigenvalue weighted by atomic mass is 9.97. The number of hydrogen-bond acceptors (Lipinski definition) is 5. The van der Waals surface area contributed by atoms with Gasteiger partial charge in [-0.3, -0.25) is 9.69 Å². The molecule has 1 aromatic carbocycles. The van der Waals surface area contributed by atoms with Crippen molar-refractivity contribution in [2.75, 3.05) is 57.3 Å². The van der Waals surface area contributed by atoms with Crippen LogP contribution in [0.1, 0.15) is 24.0 Å². The molecule has 0 bridgehead atoms.